The Labute approximate surface area is 153 Å². The number of fused-ring (bicyclic) bond motifs is 1. The van der Waals surface area contributed by atoms with Gasteiger partial charge in [0.05, 0.1) is 5.69 Å². The van der Waals surface area contributed by atoms with E-state index >= 15 is 0 Å². The van der Waals surface area contributed by atoms with Gasteiger partial charge in [-0.2, -0.15) is 0 Å². The van der Waals surface area contributed by atoms with Crippen LogP contribution in [0.5, 0.6) is 0 Å². The third kappa shape index (κ3) is 4.66. The first-order valence-electron chi connectivity index (χ1n) is 8.88. The number of benzene rings is 1. The van der Waals surface area contributed by atoms with E-state index in [2.05, 4.69) is 35.2 Å². The van der Waals surface area contributed by atoms with E-state index in [1.54, 1.807) is 11.3 Å². The molecule has 1 atom stereocenters. The molecule has 0 spiro atoms. The number of anilines is 1. The number of nitrogens with zero attached hydrogens (tertiary/aromatic N) is 2. The topological polar surface area (TPSA) is 71.2 Å². The second-order valence-electron chi connectivity index (χ2n) is 6.78. The van der Waals surface area contributed by atoms with E-state index in [1.165, 1.54) is 4.88 Å². The molecule has 3 rings (SSSR count). The molecular weight excluding hydrogens is 332 g/mol. The van der Waals surface area contributed by atoms with Crippen molar-refractivity contribution < 1.29 is 4.79 Å². The number of nitrogens with one attached hydrogen (secondary N) is 1. The molecule has 1 unspecified atom stereocenters. The van der Waals surface area contributed by atoms with Crippen molar-refractivity contribution in [2.24, 2.45) is 5.73 Å². The number of hydrogen-bond donors (Lipinski definition) is 2. The molecule has 0 radical (unpaired) electrons. The predicted molar refractivity (Wildman–Crippen MR) is 103 cm³/mol. The number of hydrogen-bond acceptors (Lipinski definition) is 5. The van der Waals surface area contributed by atoms with E-state index < -0.39 is 0 Å². The van der Waals surface area contributed by atoms with Gasteiger partial charge in [-0.25, -0.2) is 4.98 Å². The van der Waals surface area contributed by atoms with Crippen LogP contribution in [0.3, 0.4) is 0 Å². The number of carbonyl (C=O) groups excluding carboxylic acids is 1. The molecule has 25 heavy (non-hydrogen) atoms. The lowest BCUT2D eigenvalue weighted by Crippen LogP contribution is -2.27. The largest absolute Gasteiger partial charge is 0.327 e. The Bertz CT molecular complexity index is 743. The van der Waals surface area contributed by atoms with Gasteiger partial charge in [0.2, 0.25) is 0 Å². The lowest BCUT2D eigenvalue weighted by atomic mass is 9.99. The average molecular weight is 359 g/mol. The van der Waals surface area contributed by atoms with Crippen LogP contribution in [0.1, 0.15) is 46.3 Å². The Morgan fingerprint density at radius 1 is 1.48 bits per heavy atom. The number of rotatable bonds is 6. The SMILES string of the molecule is CCCN(C)Cc1cccc(C(=O)Nc2nc3c(s2)CC(N)CC3)c1. The van der Waals surface area contributed by atoms with Crippen molar-refractivity contribution in [1.29, 1.82) is 0 Å². The summed E-state index contributed by atoms with van der Waals surface area (Å²) in [5.41, 5.74) is 8.93. The molecule has 1 aromatic carbocycles. The van der Waals surface area contributed by atoms with Gasteiger partial charge >= 0.3 is 0 Å². The first-order valence-corrected chi connectivity index (χ1v) is 9.69. The number of carbonyl (C=O) groups is 1. The summed E-state index contributed by atoms with van der Waals surface area (Å²) >= 11 is 1.55. The fourth-order valence-electron chi connectivity index (χ4n) is 3.21. The van der Waals surface area contributed by atoms with Crippen LogP contribution in [0, 0.1) is 0 Å². The van der Waals surface area contributed by atoms with Crippen LogP contribution >= 0.6 is 11.3 Å². The van der Waals surface area contributed by atoms with Crippen molar-refractivity contribution in [2.75, 3.05) is 18.9 Å². The van der Waals surface area contributed by atoms with Crippen LogP contribution in [-0.4, -0.2) is 35.4 Å². The first-order chi connectivity index (χ1) is 12.0. The van der Waals surface area contributed by atoms with Crippen LogP contribution < -0.4 is 11.1 Å². The van der Waals surface area contributed by atoms with E-state index in [0.29, 0.717) is 10.7 Å². The third-order valence-electron chi connectivity index (χ3n) is 4.45. The van der Waals surface area contributed by atoms with Gasteiger partial charge in [-0.05, 0) is 57.0 Å². The van der Waals surface area contributed by atoms with Crippen LogP contribution in [0.25, 0.3) is 0 Å². The van der Waals surface area contributed by atoms with Gasteiger partial charge < -0.3 is 10.6 Å². The number of nitrogens with two attached hydrogens (primary N) is 1. The molecule has 0 saturated heterocycles. The number of thiazole rings is 1. The Hall–Kier alpha value is -1.76. The smallest absolute Gasteiger partial charge is 0.257 e. The number of aromatic nitrogens is 1. The minimum absolute atomic E-state index is 0.101. The second kappa shape index (κ2) is 8.08. The molecule has 2 aromatic rings. The summed E-state index contributed by atoms with van der Waals surface area (Å²) in [5.74, 6) is -0.101. The highest BCUT2D eigenvalue weighted by atomic mass is 32.1. The minimum Gasteiger partial charge on any atom is -0.327 e. The summed E-state index contributed by atoms with van der Waals surface area (Å²) < 4.78 is 0. The molecule has 1 aliphatic carbocycles. The van der Waals surface area contributed by atoms with Gasteiger partial charge in [0.25, 0.3) is 5.91 Å². The van der Waals surface area contributed by atoms with Gasteiger partial charge in [0.1, 0.15) is 0 Å². The molecule has 0 fully saturated rings. The minimum atomic E-state index is -0.101. The van der Waals surface area contributed by atoms with Crippen LogP contribution in [0.2, 0.25) is 0 Å². The fourth-order valence-corrected chi connectivity index (χ4v) is 4.30. The molecule has 6 heteroatoms. The number of amides is 1. The van der Waals surface area contributed by atoms with Crippen molar-refractivity contribution in [1.82, 2.24) is 9.88 Å². The van der Waals surface area contributed by atoms with E-state index in [-0.39, 0.29) is 11.9 Å². The van der Waals surface area contributed by atoms with E-state index in [4.69, 9.17) is 5.73 Å². The molecule has 1 aliphatic rings. The summed E-state index contributed by atoms with van der Waals surface area (Å²) in [7, 11) is 2.10. The molecule has 0 bridgehead atoms. The molecular formula is C19H26N4OS. The van der Waals surface area contributed by atoms with Crippen molar-refractivity contribution >= 4 is 22.4 Å². The van der Waals surface area contributed by atoms with Crippen molar-refractivity contribution in [2.45, 2.75) is 45.2 Å². The lowest BCUT2D eigenvalue weighted by molar-refractivity contribution is 0.102. The van der Waals surface area contributed by atoms with Crippen LogP contribution in [0.4, 0.5) is 5.13 Å². The van der Waals surface area contributed by atoms with Gasteiger partial charge in [-0.3, -0.25) is 10.1 Å². The van der Waals surface area contributed by atoms with Gasteiger partial charge in [-0.15, -0.1) is 11.3 Å². The highest BCUT2D eigenvalue weighted by Gasteiger charge is 2.21. The Kier molecular flexibility index (Phi) is 5.83. The zero-order valence-corrected chi connectivity index (χ0v) is 15.7. The molecule has 1 aromatic heterocycles. The molecule has 0 aliphatic heterocycles. The third-order valence-corrected chi connectivity index (χ3v) is 5.48. The summed E-state index contributed by atoms with van der Waals surface area (Å²) in [4.78, 5) is 20.6. The highest BCUT2D eigenvalue weighted by molar-refractivity contribution is 7.15. The molecule has 1 amide bonds. The van der Waals surface area contributed by atoms with Gasteiger partial charge in [0.15, 0.2) is 5.13 Å². The Morgan fingerprint density at radius 2 is 2.32 bits per heavy atom. The Morgan fingerprint density at radius 3 is 3.12 bits per heavy atom. The first kappa shape index (κ1) is 18.0. The maximum Gasteiger partial charge on any atom is 0.257 e. The van der Waals surface area contributed by atoms with Gasteiger partial charge in [-0.1, -0.05) is 19.1 Å². The second-order valence-corrected chi connectivity index (χ2v) is 7.87. The zero-order valence-electron chi connectivity index (χ0n) is 14.9. The fraction of sp³-hybridized carbons (Fsp3) is 0.474. The highest BCUT2D eigenvalue weighted by Crippen LogP contribution is 2.29. The van der Waals surface area contributed by atoms with Gasteiger partial charge in [0, 0.05) is 23.0 Å². The number of aryl methyl sites for hydroxylation is 1. The predicted octanol–water partition coefficient (Wildman–Crippen LogP) is 3.05. The summed E-state index contributed by atoms with van der Waals surface area (Å²) in [6.45, 7) is 4.06. The summed E-state index contributed by atoms with van der Waals surface area (Å²) in [6.07, 6.45) is 3.86. The molecule has 134 valence electrons. The van der Waals surface area contributed by atoms with E-state index in [1.807, 2.05) is 18.2 Å². The summed E-state index contributed by atoms with van der Waals surface area (Å²) in [6, 6.07) is 8.03. The zero-order chi connectivity index (χ0) is 17.8. The van der Waals surface area contributed by atoms with Crippen LogP contribution in [0.15, 0.2) is 24.3 Å². The molecule has 5 nitrogen and oxygen atoms in total. The van der Waals surface area contributed by atoms with Crippen LogP contribution in [-0.2, 0) is 19.4 Å². The van der Waals surface area contributed by atoms with E-state index in [9.17, 15) is 4.79 Å². The average Bonchev–Trinajstić information content (AvgIpc) is 2.96. The van der Waals surface area contributed by atoms with Crippen molar-refractivity contribution in [3.05, 3.63) is 46.0 Å². The maximum atomic E-state index is 12.6. The standard InChI is InChI=1S/C19H26N4OS/c1-3-9-23(2)12-13-5-4-6-14(10-13)18(24)22-19-21-16-8-7-15(20)11-17(16)25-19/h4-6,10,15H,3,7-9,11-12,20H2,1-2H3,(H,21,22,24). The normalized spacial score (nSPS) is 16.7. The monoisotopic (exact) mass is 358 g/mol. The lowest BCUT2D eigenvalue weighted by Gasteiger charge is -2.15. The molecule has 1 heterocycles. The van der Waals surface area contributed by atoms with Crippen molar-refractivity contribution in [3.63, 3.8) is 0 Å². The van der Waals surface area contributed by atoms with Crippen molar-refractivity contribution in [3.8, 4) is 0 Å². The maximum absolute atomic E-state index is 12.6. The molecule has 0 saturated carbocycles. The quantitative estimate of drug-likeness (QED) is 0.832. The van der Waals surface area contributed by atoms with E-state index in [0.717, 1.165) is 50.0 Å². The Balaban J connectivity index is 1.67. The molecule has 3 N–H and O–H groups in total. The summed E-state index contributed by atoms with van der Waals surface area (Å²) in [5, 5.41) is 3.63.